The summed E-state index contributed by atoms with van der Waals surface area (Å²) in [6.07, 6.45) is 0. The Labute approximate surface area is 108 Å². The Morgan fingerprint density at radius 1 is 1.47 bits per heavy atom. The third-order valence-electron chi connectivity index (χ3n) is 2.39. The number of nitrogens with zero attached hydrogens (tertiary/aromatic N) is 3. The van der Waals surface area contributed by atoms with Gasteiger partial charge >= 0.3 is 0 Å². The van der Waals surface area contributed by atoms with Crippen LogP contribution in [0.15, 0.2) is 22.7 Å². The number of rotatable bonds is 3. The van der Waals surface area contributed by atoms with E-state index in [1.54, 1.807) is 11.8 Å². The standard InChI is InChI=1S/C11H13BrN4O/c1-16-11(14-10(6-13)15-16)8-5-7(12)3-4-9(8)17-2/h3-5H,6,13H2,1-2H3. The van der Waals surface area contributed by atoms with E-state index >= 15 is 0 Å². The summed E-state index contributed by atoms with van der Waals surface area (Å²) in [5.74, 6) is 2.11. The molecular weight excluding hydrogens is 284 g/mol. The van der Waals surface area contributed by atoms with Crippen LogP contribution in [-0.4, -0.2) is 21.9 Å². The van der Waals surface area contributed by atoms with Gasteiger partial charge in [-0.05, 0) is 18.2 Å². The normalized spacial score (nSPS) is 10.6. The van der Waals surface area contributed by atoms with Crippen LogP contribution >= 0.6 is 15.9 Å². The molecule has 0 radical (unpaired) electrons. The maximum absolute atomic E-state index is 5.53. The molecule has 6 heteroatoms. The van der Waals surface area contributed by atoms with Gasteiger partial charge in [0.1, 0.15) is 5.75 Å². The van der Waals surface area contributed by atoms with Gasteiger partial charge in [0.2, 0.25) is 0 Å². The Balaban J connectivity index is 2.58. The zero-order chi connectivity index (χ0) is 12.4. The van der Waals surface area contributed by atoms with Crippen molar-refractivity contribution in [1.29, 1.82) is 0 Å². The second-order valence-corrected chi connectivity index (χ2v) is 4.44. The molecule has 0 saturated heterocycles. The Kier molecular flexibility index (Phi) is 3.44. The van der Waals surface area contributed by atoms with Crippen molar-refractivity contribution in [2.24, 2.45) is 12.8 Å². The largest absolute Gasteiger partial charge is 0.496 e. The van der Waals surface area contributed by atoms with Crippen molar-refractivity contribution in [3.63, 3.8) is 0 Å². The SMILES string of the molecule is COc1ccc(Br)cc1-c1nc(CN)nn1C. The second kappa shape index (κ2) is 4.85. The van der Waals surface area contributed by atoms with Gasteiger partial charge in [-0.1, -0.05) is 15.9 Å². The van der Waals surface area contributed by atoms with Gasteiger partial charge in [0, 0.05) is 11.5 Å². The van der Waals surface area contributed by atoms with E-state index in [0.29, 0.717) is 12.4 Å². The predicted octanol–water partition coefficient (Wildman–Crippen LogP) is 1.71. The van der Waals surface area contributed by atoms with Crippen LogP contribution in [0.5, 0.6) is 5.75 Å². The van der Waals surface area contributed by atoms with Crippen LogP contribution in [0.2, 0.25) is 0 Å². The number of methoxy groups -OCH3 is 1. The molecule has 1 heterocycles. The molecule has 0 bridgehead atoms. The topological polar surface area (TPSA) is 66.0 Å². The molecule has 17 heavy (non-hydrogen) atoms. The third kappa shape index (κ3) is 2.32. The van der Waals surface area contributed by atoms with E-state index < -0.39 is 0 Å². The van der Waals surface area contributed by atoms with Crippen LogP contribution in [0.1, 0.15) is 5.82 Å². The molecule has 0 fully saturated rings. The zero-order valence-electron chi connectivity index (χ0n) is 9.64. The summed E-state index contributed by atoms with van der Waals surface area (Å²) in [6.45, 7) is 0.324. The summed E-state index contributed by atoms with van der Waals surface area (Å²) in [5, 5.41) is 4.22. The Morgan fingerprint density at radius 3 is 2.82 bits per heavy atom. The fourth-order valence-electron chi connectivity index (χ4n) is 1.61. The first-order valence-corrected chi connectivity index (χ1v) is 5.89. The van der Waals surface area contributed by atoms with Gasteiger partial charge in [-0.25, -0.2) is 9.67 Å². The molecule has 0 aliphatic rings. The number of hydrogen-bond donors (Lipinski definition) is 1. The maximum atomic E-state index is 5.53. The van der Waals surface area contributed by atoms with Gasteiger partial charge in [-0.15, -0.1) is 0 Å². The van der Waals surface area contributed by atoms with E-state index in [0.717, 1.165) is 21.6 Å². The van der Waals surface area contributed by atoms with Crippen LogP contribution in [0.4, 0.5) is 0 Å². The third-order valence-corrected chi connectivity index (χ3v) is 2.89. The summed E-state index contributed by atoms with van der Waals surface area (Å²) in [5.41, 5.74) is 6.42. The molecule has 1 aromatic heterocycles. The van der Waals surface area contributed by atoms with Gasteiger partial charge in [0.15, 0.2) is 11.6 Å². The number of nitrogens with two attached hydrogens (primary N) is 1. The van der Waals surface area contributed by atoms with Crippen LogP contribution in [-0.2, 0) is 13.6 Å². The lowest BCUT2D eigenvalue weighted by Gasteiger charge is -2.07. The fourth-order valence-corrected chi connectivity index (χ4v) is 1.97. The molecule has 1 aromatic carbocycles. The fraction of sp³-hybridized carbons (Fsp3) is 0.273. The molecule has 0 amide bonds. The van der Waals surface area contributed by atoms with E-state index in [2.05, 4.69) is 26.0 Å². The number of ether oxygens (including phenoxy) is 1. The molecule has 0 saturated carbocycles. The second-order valence-electron chi connectivity index (χ2n) is 3.52. The number of benzene rings is 1. The molecule has 0 spiro atoms. The van der Waals surface area contributed by atoms with E-state index in [1.807, 2.05) is 25.2 Å². The molecule has 0 unspecified atom stereocenters. The smallest absolute Gasteiger partial charge is 0.164 e. The molecule has 5 nitrogen and oxygen atoms in total. The number of halogens is 1. The summed E-state index contributed by atoms with van der Waals surface area (Å²) >= 11 is 3.43. The first-order chi connectivity index (χ1) is 8.15. The van der Waals surface area contributed by atoms with Gasteiger partial charge < -0.3 is 10.5 Å². The van der Waals surface area contributed by atoms with Gasteiger partial charge in [0.25, 0.3) is 0 Å². The average molecular weight is 297 g/mol. The van der Waals surface area contributed by atoms with Crippen LogP contribution in [0.3, 0.4) is 0 Å². The van der Waals surface area contributed by atoms with E-state index in [4.69, 9.17) is 10.5 Å². The number of hydrogen-bond acceptors (Lipinski definition) is 4. The van der Waals surface area contributed by atoms with Crippen molar-refractivity contribution in [2.75, 3.05) is 7.11 Å². The summed E-state index contributed by atoms with van der Waals surface area (Å²) < 4.78 is 7.98. The molecule has 2 N–H and O–H groups in total. The highest BCUT2D eigenvalue weighted by Gasteiger charge is 2.13. The van der Waals surface area contributed by atoms with Crippen LogP contribution < -0.4 is 10.5 Å². The minimum atomic E-state index is 0.324. The van der Waals surface area contributed by atoms with Gasteiger partial charge in [-0.3, -0.25) is 0 Å². The van der Waals surface area contributed by atoms with E-state index in [9.17, 15) is 0 Å². The molecular formula is C11H13BrN4O. The van der Waals surface area contributed by atoms with Crippen molar-refractivity contribution in [3.05, 3.63) is 28.5 Å². The average Bonchev–Trinajstić information content (AvgIpc) is 2.70. The van der Waals surface area contributed by atoms with Crippen molar-refractivity contribution in [3.8, 4) is 17.1 Å². The number of aryl methyl sites for hydroxylation is 1. The Morgan fingerprint density at radius 2 is 2.24 bits per heavy atom. The summed E-state index contributed by atoms with van der Waals surface area (Å²) in [4.78, 5) is 4.37. The summed E-state index contributed by atoms with van der Waals surface area (Å²) in [6, 6.07) is 5.75. The molecule has 2 aromatic rings. The molecule has 90 valence electrons. The van der Waals surface area contributed by atoms with Crippen molar-refractivity contribution >= 4 is 15.9 Å². The van der Waals surface area contributed by atoms with Crippen molar-refractivity contribution in [2.45, 2.75) is 6.54 Å². The first kappa shape index (κ1) is 12.1. The molecule has 0 aliphatic carbocycles. The molecule has 2 rings (SSSR count). The molecule has 0 atom stereocenters. The monoisotopic (exact) mass is 296 g/mol. The molecule has 0 aliphatic heterocycles. The van der Waals surface area contributed by atoms with Crippen LogP contribution in [0.25, 0.3) is 11.4 Å². The van der Waals surface area contributed by atoms with Gasteiger partial charge in [0.05, 0.1) is 19.2 Å². The minimum absolute atomic E-state index is 0.324. The van der Waals surface area contributed by atoms with E-state index in [1.165, 1.54) is 0 Å². The highest BCUT2D eigenvalue weighted by atomic mass is 79.9. The van der Waals surface area contributed by atoms with Gasteiger partial charge in [-0.2, -0.15) is 5.10 Å². The minimum Gasteiger partial charge on any atom is -0.496 e. The first-order valence-electron chi connectivity index (χ1n) is 5.09. The number of aromatic nitrogens is 3. The van der Waals surface area contributed by atoms with Crippen molar-refractivity contribution < 1.29 is 4.74 Å². The Bertz CT molecular complexity index is 538. The lowest BCUT2D eigenvalue weighted by atomic mass is 10.2. The summed E-state index contributed by atoms with van der Waals surface area (Å²) in [7, 11) is 3.47. The quantitative estimate of drug-likeness (QED) is 0.936. The lowest BCUT2D eigenvalue weighted by molar-refractivity contribution is 0.416. The maximum Gasteiger partial charge on any atom is 0.164 e. The lowest BCUT2D eigenvalue weighted by Crippen LogP contribution is -1.99. The van der Waals surface area contributed by atoms with Crippen molar-refractivity contribution in [1.82, 2.24) is 14.8 Å². The Hall–Kier alpha value is -1.40. The highest BCUT2D eigenvalue weighted by Crippen LogP contribution is 2.31. The van der Waals surface area contributed by atoms with E-state index in [-0.39, 0.29) is 0 Å². The predicted molar refractivity (Wildman–Crippen MR) is 68.6 cm³/mol. The zero-order valence-corrected chi connectivity index (χ0v) is 11.2. The van der Waals surface area contributed by atoms with Crippen LogP contribution in [0, 0.1) is 0 Å². The highest BCUT2D eigenvalue weighted by molar-refractivity contribution is 9.10.